The lowest BCUT2D eigenvalue weighted by molar-refractivity contribution is -0.138. The number of fused-ring (bicyclic) bond motifs is 1. The Hall–Kier alpha value is -1.92. The minimum absolute atomic E-state index is 0.0109. The van der Waals surface area contributed by atoms with Gasteiger partial charge in [-0.3, -0.25) is 19.4 Å². The van der Waals surface area contributed by atoms with Crippen molar-refractivity contribution < 1.29 is 9.59 Å². The molecule has 2 amide bonds. The first-order chi connectivity index (χ1) is 13.2. The number of carbonyl (C=O) groups is 2. The minimum atomic E-state index is 0.0109. The SMILES string of the molecule is O=C1CCC(=O)N1CCCCCN1CCN(c2cccc3sccc23)CC1. The van der Waals surface area contributed by atoms with Crippen LogP contribution < -0.4 is 4.90 Å². The van der Waals surface area contributed by atoms with Gasteiger partial charge in [0.15, 0.2) is 0 Å². The van der Waals surface area contributed by atoms with Crippen LogP contribution >= 0.6 is 11.3 Å². The summed E-state index contributed by atoms with van der Waals surface area (Å²) in [5, 5.41) is 3.55. The molecule has 0 spiro atoms. The number of carbonyl (C=O) groups excluding carboxylic acids is 2. The molecule has 4 rings (SSSR count). The fourth-order valence-electron chi connectivity index (χ4n) is 4.12. The maximum Gasteiger partial charge on any atom is 0.229 e. The number of benzene rings is 1. The van der Waals surface area contributed by atoms with E-state index < -0.39 is 0 Å². The van der Waals surface area contributed by atoms with Crippen molar-refractivity contribution in [3.63, 3.8) is 0 Å². The lowest BCUT2D eigenvalue weighted by Gasteiger charge is -2.36. The van der Waals surface area contributed by atoms with Crippen molar-refractivity contribution in [3.8, 4) is 0 Å². The van der Waals surface area contributed by atoms with Crippen LogP contribution in [-0.2, 0) is 9.59 Å². The highest BCUT2D eigenvalue weighted by Crippen LogP contribution is 2.31. The largest absolute Gasteiger partial charge is 0.368 e. The normalized spacial score (nSPS) is 18.8. The van der Waals surface area contributed by atoms with E-state index in [1.165, 1.54) is 20.7 Å². The lowest BCUT2D eigenvalue weighted by atomic mass is 10.1. The Morgan fingerprint density at radius 2 is 1.59 bits per heavy atom. The van der Waals surface area contributed by atoms with Crippen molar-refractivity contribution in [2.75, 3.05) is 44.2 Å². The number of nitrogens with zero attached hydrogens (tertiary/aromatic N) is 3. The van der Waals surface area contributed by atoms with Gasteiger partial charge in [-0.2, -0.15) is 0 Å². The van der Waals surface area contributed by atoms with E-state index in [0.717, 1.165) is 52.0 Å². The molecule has 1 aromatic heterocycles. The molecular formula is C21H27N3O2S. The van der Waals surface area contributed by atoms with Gasteiger partial charge in [0.1, 0.15) is 0 Å². The molecule has 0 unspecified atom stereocenters. The highest BCUT2D eigenvalue weighted by molar-refractivity contribution is 7.17. The number of hydrogen-bond donors (Lipinski definition) is 0. The molecule has 2 saturated heterocycles. The second kappa shape index (κ2) is 8.40. The number of thiophene rings is 1. The molecule has 144 valence electrons. The topological polar surface area (TPSA) is 43.9 Å². The van der Waals surface area contributed by atoms with Crippen LogP contribution in [-0.4, -0.2) is 60.9 Å². The maximum atomic E-state index is 11.6. The Balaban J connectivity index is 1.17. The smallest absolute Gasteiger partial charge is 0.229 e. The van der Waals surface area contributed by atoms with Crippen molar-refractivity contribution in [3.05, 3.63) is 29.6 Å². The predicted octanol–water partition coefficient (Wildman–Crippen LogP) is 3.34. The van der Waals surface area contributed by atoms with E-state index in [-0.39, 0.29) is 11.8 Å². The number of rotatable bonds is 7. The quantitative estimate of drug-likeness (QED) is 0.542. The Morgan fingerprint density at radius 1 is 0.852 bits per heavy atom. The first kappa shape index (κ1) is 18.4. The van der Waals surface area contributed by atoms with Crippen LogP contribution in [0, 0.1) is 0 Å². The van der Waals surface area contributed by atoms with Gasteiger partial charge in [0, 0.05) is 61.3 Å². The summed E-state index contributed by atoms with van der Waals surface area (Å²) >= 11 is 1.81. The average Bonchev–Trinajstić information content (AvgIpc) is 3.29. The zero-order valence-corrected chi connectivity index (χ0v) is 16.5. The van der Waals surface area contributed by atoms with E-state index >= 15 is 0 Å². The van der Waals surface area contributed by atoms with Gasteiger partial charge >= 0.3 is 0 Å². The van der Waals surface area contributed by atoms with Crippen LogP contribution in [0.1, 0.15) is 32.1 Å². The summed E-state index contributed by atoms with van der Waals surface area (Å²) in [6, 6.07) is 8.84. The monoisotopic (exact) mass is 385 g/mol. The number of unbranched alkanes of at least 4 members (excludes halogenated alkanes) is 2. The van der Waals surface area contributed by atoms with Crippen LogP contribution in [0.15, 0.2) is 29.6 Å². The molecule has 2 aliphatic heterocycles. The maximum absolute atomic E-state index is 11.6. The standard InChI is InChI=1S/C21H27N3O2S/c25-20-7-8-21(26)24(20)11-3-1-2-10-22-12-14-23(15-13-22)18-5-4-6-19-17(18)9-16-27-19/h4-6,9,16H,1-3,7-8,10-15H2. The zero-order valence-electron chi connectivity index (χ0n) is 15.7. The number of anilines is 1. The lowest BCUT2D eigenvalue weighted by Crippen LogP contribution is -2.46. The van der Waals surface area contributed by atoms with E-state index in [0.29, 0.717) is 19.4 Å². The summed E-state index contributed by atoms with van der Waals surface area (Å²) in [4.78, 5) is 29.7. The van der Waals surface area contributed by atoms with E-state index in [9.17, 15) is 9.59 Å². The summed E-state index contributed by atoms with van der Waals surface area (Å²) < 4.78 is 1.37. The van der Waals surface area contributed by atoms with E-state index in [1.54, 1.807) is 0 Å². The number of likely N-dealkylation sites (tertiary alicyclic amines) is 1. The van der Waals surface area contributed by atoms with Crippen molar-refractivity contribution in [1.82, 2.24) is 9.80 Å². The molecule has 6 heteroatoms. The third-order valence-corrected chi connectivity index (χ3v) is 6.58. The molecule has 0 saturated carbocycles. The molecule has 1 aromatic carbocycles. The number of imide groups is 1. The highest BCUT2D eigenvalue weighted by atomic mass is 32.1. The van der Waals surface area contributed by atoms with Crippen LogP contribution in [0.5, 0.6) is 0 Å². The Bertz CT molecular complexity index is 795. The van der Waals surface area contributed by atoms with Crippen LogP contribution in [0.2, 0.25) is 0 Å². The van der Waals surface area contributed by atoms with Crippen molar-refractivity contribution >= 4 is 38.9 Å². The Labute approximate surface area is 164 Å². The molecule has 27 heavy (non-hydrogen) atoms. The summed E-state index contributed by atoms with van der Waals surface area (Å²) in [7, 11) is 0. The molecule has 2 aliphatic rings. The van der Waals surface area contributed by atoms with Gasteiger partial charge in [-0.1, -0.05) is 12.5 Å². The Kier molecular flexibility index (Phi) is 5.74. The van der Waals surface area contributed by atoms with Gasteiger partial charge in [0.05, 0.1) is 0 Å². The molecule has 5 nitrogen and oxygen atoms in total. The second-order valence-electron chi connectivity index (χ2n) is 7.44. The van der Waals surface area contributed by atoms with Gasteiger partial charge < -0.3 is 4.90 Å². The summed E-state index contributed by atoms with van der Waals surface area (Å²) in [5.41, 5.74) is 1.37. The highest BCUT2D eigenvalue weighted by Gasteiger charge is 2.27. The molecule has 3 heterocycles. The third-order valence-electron chi connectivity index (χ3n) is 5.70. The number of hydrogen-bond acceptors (Lipinski definition) is 5. The fraction of sp³-hybridized carbons (Fsp3) is 0.524. The minimum Gasteiger partial charge on any atom is -0.368 e. The third kappa shape index (κ3) is 4.17. The van der Waals surface area contributed by atoms with E-state index in [1.807, 2.05) is 11.3 Å². The molecule has 2 aromatic rings. The summed E-state index contributed by atoms with van der Waals surface area (Å²) in [6.07, 6.45) is 3.95. The number of amides is 2. The Morgan fingerprint density at radius 3 is 2.37 bits per heavy atom. The fourth-order valence-corrected chi connectivity index (χ4v) is 4.93. The van der Waals surface area contributed by atoms with Gasteiger partial charge in [0.25, 0.3) is 0 Å². The van der Waals surface area contributed by atoms with Crippen LogP contribution in [0.25, 0.3) is 10.1 Å². The molecule has 0 atom stereocenters. The average molecular weight is 386 g/mol. The van der Waals surface area contributed by atoms with Crippen molar-refractivity contribution in [2.45, 2.75) is 32.1 Å². The second-order valence-corrected chi connectivity index (χ2v) is 8.39. The summed E-state index contributed by atoms with van der Waals surface area (Å²) in [5.74, 6) is 0.0218. The first-order valence-electron chi connectivity index (χ1n) is 9.99. The molecule has 0 bridgehead atoms. The molecule has 0 radical (unpaired) electrons. The van der Waals surface area contributed by atoms with Crippen molar-refractivity contribution in [1.29, 1.82) is 0 Å². The molecule has 2 fully saturated rings. The van der Waals surface area contributed by atoms with E-state index in [4.69, 9.17) is 0 Å². The van der Waals surface area contributed by atoms with Gasteiger partial charge in [-0.05, 0) is 43.0 Å². The zero-order chi connectivity index (χ0) is 18.6. The van der Waals surface area contributed by atoms with Gasteiger partial charge in [0.2, 0.25) is 11.8 Å². The van der Waals surface area contributed by atoms with Crippen LogP contribution in [0.4, 0.5) is 5.69 Å². The molecule has 0 aliphatic carbocycles. The van der Waals surface area contributed by atoms with Crippen LogP contribution in [0.3, 0.4) is 0 Å². The first-order valence-corrected chi connectivity index (χ1v) is 10.9. The van der Waals surface area contributed by atoms with Gasteiger partial charge in [-0.15, -0.1) is 11.3 Å². The van der Waals surface area contributed by atoms with E-state index in [2.05, 4.69) is 39.4 Å². The number of piperazine rings is 1. The summed E-state index contributed by atoms with van der Waals surface area (Å²) in [6.45, 7) is 6.07. The molecular weight excluding hydrogens is 358 g/mol. The van der Waals surface area contributed by atoms with Crippen molar-refractivity contribution in [2.24, 2.45) is 0 Å². The van der Waals surface area contributed by atoms with Gasteiger partial charge in [-0.25, -0.2) is 0 Å². The predicted molar refractivity (Wildman–Crippen MR) is 110 cm³/mol. The molecule has 0 N–H and O–H groups in total.